The van der Waals surface area contributed by atoms with Crippen molar-refractivity contribution < 1.29 is 4.74 Å². The van der Waals surface area contributed by atoms with Crippen LogP contribution in [0.15, 0.2) is 18.3 Å². The highest BCUT2D eigenvalue weighted by molar-refractivity contribution is 5.27. The van der Waals surface area contributed by atoms with E-state index in [0.29, 0.717) is 12.0 Å². The predicted octanol–water partition coefficient (Wildman–Crippen LogP) is 2.91. The molecule has 1 aromatic heterocycles. The van der Waals surface area contributed by atoms with Gasteiger partial charge in [0.1, 0.15) is 0 Å². The second-order valence-corrected chi connectivity index (χ2v) is 6.18. The van der Waals surface area contributed by atoms with Crippen molar-refractivity contribution in [1.29, 1.82) is 0 Å². The van der Waals surface area contributed by atoms with Crippen LogP contribution in [0, 0.1) is 5.92 Å². The summed E-state index contributed by atoms with van der Waals surface area (Å²) in [6.45, 7) is 5.14. The Labute approximate surface area is 122 Å². The predicted molar refractivity (Wildman–Crippen MR) is 80.9 cm³/mol. The molecule has 1 fully saturated rings. The summed E-state index contributed by atoms with van der Waals surface area (Å²) in [5, 5.41) is 3.72. The van der Waals surface area contributed by atoms with E-state index in [0.717, 1.165) is 25.7 Å². The van der Waals surface area contributed by atoms with Crippen molar-refractivity contribution in [3.8, 4) is 0 Å². The topological polar surface area (TPSA) is 34.1 Å². The van der Waals surface area contributed by atoms with E-state index in [9.17, 15) is 0 Å². The zero-order valence-electron chi connectivity index (χ0n) is 12.5. The Hall–Kier alpha value is -0.930. The van der Waals surface area contributed by atoms with Crippen LogP contribution in [-0.4, -0.2) is 30.8 Å². The van der Waals surface area contributed by atoms with Crippen molar-refractivity contribution >= 4 is 0 Å². The van der Waals surface area contributed by atoms with Crippen LogP contribution in [0.25, 0.3) is 0 Å². The molecule has 3 heteroatoms. The van der Waals surface area contributed by atoms with Crippen molar-refractivity contribution in [3.05, 3.63) is 29.6 Å². The number of pyridine rings is 1. The number of likely N-dealkylation sites (N-methyl/N-ethyl adjacent to an activating group) is 1. The minimum Gasteiger partial charge on any atom is -0.381 e. The van der Waals surface area contributed by atoms with Gasteiger partial charge in [0.2, 0.25) is 0 Å². The van der Waals surface area contributed by atoms with Crippen molar-refractivity contribution in [1.82, 2.24) is 10.3 Å². The number of hydrogen-bond acceptors (Lipinski definition) is 3. The number of fused-ring (bicyclic) bond motifs is 1. The summed E-state index contributed by atoms with van der Waals surface area (Å²) < 4.78 is 5.55. The summed E-state index contributed by atoms with van der Waals surface area (Å²) in [7, 11) is 0. The number of hydrogen-bond donors (Lipinski definition) is 1. The fraction of sp³-hybridized carbons (Fsp3) is 0.706. The summed E-state index contributed by atoms with van der Waals surface area (Å²) in [5.41, 5.74) is 2.82. The zero-order valence-corrected chi connectivity index (χ0v) is 12.5. The molecule has 1 saturated heterocycles. The van der Waals surface area contributed by atoms with E-state index in [1.54, 1.807) is 0 Å². The van der Waals surface area contributed by atoms with E-state index in [1.807, 2.05) is 6.20 Å². The fourth-order valence-corrected chi connectivity index (χ4v) is 3.82. The number of aryl methyl sites for hydroxylation is 1. The van der Waals surface area contributed by atoms with Crippen LogP contribution >= 0.6 is 0 Å². The molecule has 110 valence electrons. The lowest BCUT2D eigenvalue weighted by Crippen LogP contribution is -2.38. The second kappa shape index (κ2) is 6.68. The average molecular weight is 274 g/mol. The minimum atomic E-state index is 0.556. The molecule has 2 heterocycles. The highest BCUT2D eigenvalue weighted by Crippen LogP contribution is 2.35. The third kappa shape index (κ3) is 3.04. The van der Waals surface area contributed by atoms with Crippen LogP contribution in [-0.2, 0) is 11.2 Å². The maximum Gasteiger partial charge on any atom is 0.0495 e. The van der Waals surface area contributed by atoms with Gasteiger partial charge in [-0.15, -0.1) is 0 Å². The van der Waals surface area contributed by atoms with Crippen LogP contribution in [0.5, 0.6) is 0 Å². The summed E-state index contributed by atoms with van der Waals surface area (Å²) in [6, 6.07) is 4.89. The number of aromatic nitrogens is 1. The van der Waals surface area contributed by atoms with E-state index in [2.05, 4.69) is 24.4 Å². The van der Waals surface area contributed by atoms with Crippen LogP contribution in [0.2, 0.25) is 0 Å². The minimum absolute atomic E-state index is 0.556. The molecular weight excluding hydrogens is 248 g/mol. The zero-order chi connectivity index (χ0) is 13.8. The van der Waals surface area contributed by atoms with Gasteiger partial charge in [-0.2, -0.15) is 0 Å². The Balaban J connectivity index is 1.76. The summed E-state index contributed by atoms with van der Waals surface area (Å²) in [6.07, 6.45) is 8.18. The molecule has 2 aliphatic rings. The lowest BCUT2D eigenvalue weighted by Gasteiger charge is -2.33. The molecule has 0 amide bonds. The van der Waals surface area contributed by atoms with E-state index < -0.39 is 0 Å². The smallest absolute Gasteiger partial charge is 0.0495 e. The van der Waals surface area contributed by atoms with Gasteiger partial charge in [0.05, 0.1) is 0 Å². The first-order chi connectivity index (χ1) is 9.88. The molecule has 3 atom stereocenters. The van der Waals surface area contributed by atoms with Gasteiger partial charge < -0.3 is 10.1 Å². The van der Waals surface area contributed by atoms with E-state index in [-0.39, 0.29) is 0 Å². The van der Waals surface area contributed by atoms with Crippen molar-refractivity contribution in [3.63, 3.8) is 0 Å². The molecule has 1 aliphatic heterocycles. The lowest BCUT2D eigenvalue weighted by atomic mass is 9.79. The van der Waals surface area contributed by atoms with Gasteiger partial charge in [-0.1, -0.05) is 13.0 Å². The van der Waals surface area contributed by atoms with Crippen LogP contribution < -0.4 is 5.32 Å². The molecule has 20 heavy (non-hydrogen) atoms. The van der Waals surface area contributed by atoms with Crippen molar-refractivity contribution in [2.75, 3.05) is 19.8 Å². The van der Waals surface area contributed by atoms with Gasteiger partial charge in [0.25, 0.3) is 0 Å². The van der Waals surface area contributed by atoms with Gasteiger partial charge >= 0.3 is 0 Å². The van der Waals surface area contributed by atoms with Gasteiger partial charge in [-0.3, -0.25) is 4.98 Å². The highest BCUT2D eigenvalue weighted by Gasteiger charge is 2.31. The van der Waals surface area contributed by atoms with Gasteiger partial charge in [-0.05, 0) is 56.2 Å². The molecule has 3 rings (SSSR count). The van der Waals surface area contributed by atoms with Gasteiger partial charge in [-0.25, -0.2) is 0 Å². The van der Waals surface area contributed by atoms with Gasteiger partial charge in [0, 0.05) is 37.1 Å². The Kier molecular flexibility index (Phi) is 4.69. The summed E-state index contributed by atoms with van der Waals surface area (Å²) in [5.74, 6) is 1.31. The number of nitrogens with one attached hydrogen (secondary N) is 1. The number of ether oxygens (including phenoxy) is 1. The monoisotopic (exact) mass is 274 g/mol. The molecule has 1 aromatic rings. The Bertz CT molecular complexity index is 429. The van der Waals surface area contributed by atoms with Crippen molar-refractivity contribution in [2.24, 2.45) is 5.92 Å². The van der Waals surface area contributed by atoms with E-state index in [4.69, 9.17) is 9.72 Å². The largest absolute Gasteiger partial charge is 0.381 e. The fourth-order valence-electron chi connectivity index (χ4n) is 3.82. The van der Waals surface area contributed by atoms with Crippen LogP contribution in [0.3, 0.4) is 0 Å². The quantitative estimate of drug-likeness (QED) is 0.896. The standard InChI is InChI=1S/C17H26N2O/c1-2-18-16(11-13-8-10-20-12-13)15-7-3-5-14-6-4-9-19-17(14)15/h4,6,9,13,15-16,18H,2-3,5,7-8,10-12H2,1H3. The Morgan fingerprint density at radius 3 is 3.20 bits per heavy atom. The summed E-state index contributed by atoms with van der Waals surface area (Å²) >= 11 is 0. The molecule has 3 unspecified atom stereocenters. The molecule has 3 nitrogen and oxygen atoms in total. The van der Waals surface area contributed by atoms with E-state index in [1.165, 1.54) is 43.4 Å². The number of rotatable bonds is 5. The SMILES string of the molecule is CCNC(CC1CCOC1)C1CCCc2cccnc21. The lowest BCUT2D eigenvalue weighted by molar-refractivity contribution is 0.179. The van der Waals surface area contributed by atoms with Crippen LogP contribution in [0.1, 0.15) is 49.8 Å². The third-order valence-corrected chi connectivity index (χ3v) is 4.80. The van der Waals surface area contributed by atoms with Crippen molar-refractivity contribution in [2.45, 2.75) is 51.0 Å². The highest BCUT2D eigenvalue weighted by atomic mass is 16.5. The first-order valence-corrected chi connectivity index (χ1v) is 8.13. The third-order valence-electron chi connectivity index (χ3n) is 4.80. The Morgan fingerprint density at radius 1 is 1.45 bits per heavy atom. The number of nitrogens with zero attached hydrogens (tertiary/aromatic N) is 1. The first kappa shape index (κ1) is 14.0. The average Bonchev–Trinajstić information content (AvgIpc) is 2.99. The molecule has 0 saturated carbocycles. The molecular formula is C17H26N2O. The van der Waals surface area contributed by atoms with Crippen LogP contribution in [0.4, 0.5) is 0 Å². The molecule has 0 radical (unpaired) electrons. The normalized spacial score (nSPS) is 27.2. The molecule has 0 aromatic carbocycles. The molecule has 0 spiro atoms. The first-order valence-electron chi connectivity index (χ1n) is 8.13. The molecule has 0 bridgehead atoms. The maximum absolute atomic E-state index is 5.55. The molecule has 1 aliphatic carbocycles. The van der Waals surface area contributed by atoms with E-state index >= 15 is 0 Å². The summed E-state index contributed by atoms with van der Waals surface area (Å²) in [4.78, 5) is 4.71. The maximum atomic E-state index is 5.55. The Morgan fingerprint density at radius 2 is 2.40 bits per heavy atom. The van der Waals surface area contributed by atoms with Gasteiger partial charge in [0.15, 0.2) is 0 Å². The second-order valence-electron chi connectivity index (χ2n) is 6.18. The molecule has 1 N–H and O–H groups in total.